The number of rotatable bonds is 7. The van der Waals surface area contributed by atoms with Gasteiger partial charge in [0.05, 0.1) is 29.7 Å². The van der Waals surface area contributed by atoms with Gasteiger partial charge in [0.25, 0.3) is 11.1 Å². The van der Waals surface area contributed by atoms with Crippen LogP contribution in [0.4, 0.5) is 4.79 Å². The number of carbonyl (C=O) groups is 2. The topological polar surface area (TPSA) is 55.8 Å². The number of halogens is 2. The number of carbonyl (C=O) groups excluding carboxylic acids is 2. The second kappa shape index (κ2) is 9.77. The van der Waals surface area contributed by atoms with Crippen LogP contribution >= 0.6 is 35.0 Å². The molecule has 0 radical (unpaired) electrons. The highest BCUT2D eigenvalue weighted by Gasteiger charge is 2.35. The van der Waals surface area contributed by atoms with Gasteiger partial charge in [0.15, 0.2) is 11.5 Å². The van der Waals surface area contributed by atoms with Crippen molar-refractivity contribution in [3.05, 3.63) is 62.5 Å². The molecule has 1 aliphatic rings. The molecule has 0 aromatic heterocycles. The number of ether oxygens (including phenoxy) is 2. The maximum atomic E-state index is 12.8. The zero-order valence-electron chi connectivity index (χ0n) is 16.8. The maximum absolute atomic E-state index is 12.8. The van der Waals surface area contributed by atoms with Gasteiger partial charge >= 0.3 is 0 Å². The van der Waals surface area contributed by atoms with E-state index in [4.69, 9.17) is 32.7 Å². The molecule has 1 heterocycles. The summed E-state index contributed by atoms with van der Waals surface area (Å²) < 4.78 is 11.3. The van der Waals surface area contributed by atoms with Crippen LogP contribution in [0.5, 0.6) is 11.5 Å². The molecule has 1 aliphatic heterocycles. The number of hydrogen-bond donors (Lipinski definition) is 0. The normalized spacial score (nSPS) is 16.3. The van der Waals surface area contributed by atoms with Gasteiger partial charge in [0, 0.05) is 5.02 Å². The molecule has 2 amide bonds. The number of imide groups is 1. The molecular weight excluding hydrogens is 445 g/mol. The molecule has 0 aliphatic carbocycles. The molecule has 2 aromatic carbocycles. The minimum Gasteiger partial charge on any atom is -0.493 e. The van der Waals surface area contributed by atoms with Crippen molar-refractivity contribution in [1.29, 1.82) is 0 Å². The number of hydrogen-bond acceptors (Lipinski definition) is 5. The van der Waals surface area contributed by atoms with Crippen LogP contribution in [0.2, 0.25) is 10.0 Å². The highest BCUT2D eigenvalue weighted by Crippen LogP contribution is 2.40. The predicted molar refractivity (Wildman–Crippen MR) is 121 cm³/mol. The predicted octanol–water partition coefficient (Wildman–Crippen LogP) is 6.42. The Hall–Kier alpha value is -2.15. The van der Waals surface area contributed by atoms with Gasteiger partial charge in [-0.1, -0.05) is 48.3 Å². The zero-order valence-corrected chi connectivity index (χ0v) is 19.1. The van der Waals surface area contributed by atoms with Crippen molar-refractivity contribution in [2.75, 3.05) is 7.11 Å². The first-order valence-corrected chi connectivity index (χ1v) is 10.9. The fraction of sp³-hybridized carbons (Fsp3) is 0.273. The van der Waals surface area contributed by atoms with E-state index in [1.807, 2.05) is 19.9 Å². The molecule has 0 N–H and O–H groups in total. The minimum atomic E-state index is -0.375. The number of nitrogens with zero attached hydrogens (tertiary/aromatic N) is 1. The van der Waals surface area contributed by atoms with Gasteiger partial charge in [-0.05, 0) is 60.5 Å². The largest absolute Gasteiger partial charge is 0.493 e. The summed E-state index contributed by atoms with van der Waals surface area (Å²) in [6, 6.07) is 10.5. The van der Waals surface area contributed by atoms with E-state index < -0.39 is 0 Å². The van der Waals surface area contributed by atoms with Crippen molar-refractivity contribution in [3.63, 3.8) is 0 Å². The lowest BCUT2D eigenvalue weighted by molar-refractivity contribution is -0.123. The van der Waals surface area contributed by atoms with Crippen LogP contribution in [0.1, 0.15) is 31.4 Å². The molecule has 2 aromatic rings. The first kappa shape index (κ1) is 22.5. The van der Waals surface area contributed by atoms with E-state index in [1.54, 1.807) is 36.4 Å². The summed E-state index contributed by atoms with van der Waals surface area (Å²) in [5, 5.41) is 0.533. The van der Waals surface area contributed by atoms with Gasteiger partial charge in [-0.25, -0.2) is 0 Å². The second-order valence-corrected chi connectivity index (χ2v) is 8.54. The van der Waals surface area contributed by atoms with Crippen LogP contribution in [0.3, 0.4) is 0 Å². The first-order chi connectivity index (χ1) is 14.3. The third-order valence-corrected chi connectivity index (χ3v) is 6.16. The van der Waals surface area contributed by atoms with Crippen molar-refractivity contribution in [2.24, 2.45) is 0 Å². The van der Waals surface area contributed by atoms with Gasteiger partial charge < -0.3 is 9.47 Å². The van der Waals surface area contributed by atoms with E-state index in [9.17, 15) is 9.59 Å². The Bertz CT molecular complexity index is 1010. The molecule has 1 fully saturated rings. The van der Waals surface area contributed by atoms with Crippen LogP contribution < -0.4 is 9.47 Å². The van der Waals surface area contributed by atoms with Crippen LogP contribution in [0.25, 0.3) is 6.08 Å². The van der Waals surface area contributed by atoms with Gasteiger partial charge in [0.2, 0.25) is 0 Å². The smallest absolute Gasteiger partial charge is 0.293 e. The van der Waals surface area contributed by atoms with Gasteiger partial charge in [-0.15, -0.1) is 0 Å². The van der Waals surface area contributed by atoms with E-state index in [1.165, 1.54) is 12.0 Å². The Morgan fingerprint density at radius 3 is 2.57 bits per heavy atom. The Morgan fingerprint density at radius 2 is 1.90 bits per heavy atom. The van der Waals surface area contributed by atoms with Crippen LogP contribution in [-0.4, -0.2) is 29.3 Å². The van der Waals surface area contributed by atoms with Gasteiger partial charge in [-0.3, -0.25) is 14.5 Å². The Kier molecular flexibility index (Phi) is 7.34. The van der Waals surface area contributed by atoms with Crippen molar-refractivity contribution in [2.45, 2.75) is 32.9 Å². The lowest BCUT2D eigenvalue weighted by atomic mass is 10.1. The quantitative estimate of drug-likeness (QED) is 0.441. The molecule has 8 heteroatoms. The van der Waals surface area contributed by atoms with Crippen molar-refractivity contribution < 1.29 is 19.1 Å². The molecule has 0 bridgehead atoms. The number of benzene rings is 2. The number of thioether (sulfide) groups is 1. The molecule has 158 valence electrons. The summed E-state index contributed by atoms with van der Waals surface area (Å²) in [4.78, 5) is 26.7. The maximum Gasteiger partial charge on any atom is 0.293 e. The number of methoxy groups -OCH3 is 1. The fourth-order valence-electron chi connectivity index (χ4n) is 2.81. The van der Waals surface area contributed by atoms with Gasteiger partial charge in [0.1, 0.15) is 0 Å². The van der Waals surface area contributed by atoms with Gasteiger partial charge in [-0.2, -0.15) is 0 Å². The standard InChI is InChI=1S/C22H21Cl2NO4S/c1-4-13(2)29-20-17(24)9-14(10-18(20)28-3)11-19-21(26)25(22(27)30-19)12-15-7-5-6-8-16(15)23/h5-11,13H,4,12H2,1-3H3/b19-11-/t13-/m0/s1. The van der Waals surface area contributed by atoms with Crippen LogP contribution in [0, 0.1) is 0 Å². The highest BCUT2D eigenvalue weighted by atomic mass is 35.5. The lowest BCUT2D eigenvalue weighted by Crippen LogP contribution is -2.27. The monoisotopic (exact) mass is 465 g/mol. The second-order valence-electron chi connectivity index (χ2n) is 6.73. The van der Waals surface area contributed by atoms with E-state index >= 15 is 0 Å². The molecule has 0 spiro atoms. The van der Waals surface area contributed by atoms with E-state index in [2.05, 4.69) is 0 Å². The average Bonchev–Trinajstić information content (AvgIpc) is 2.98. The third-order valence-electron chi connectivity index (χ3n) is 4.60. The summed E-state index contributed by atoms with van der Waals surface area (Å²) >= 11 is 13.4. The zero-order chi connectivity index (χ0) is 21.8. The fourth-order valence-corrected chi connectivity index (χ4v) is 4.10. The highest BCUT2D eigenvalue weighted by molar-refractivity contribution is 8.18. The molecule has 0 unspecified atom stereocenters. The molecule has 1 saturated heterocycles. The summed E-state index contributed by atoms with van der Waals surface area (Å²) in [6.45, 7) is 4.07. The van der Waals surface area contributed by atoms with E-state index in [-0.39, 0.29) is 23.8 Å². The molecule has 0 saturated carbocycles. The summed E-state index contributed by atoms with van der Waals surface area (Å²) in [5.41, 5.74) is 1.34. The van der Waals surface area contributed by atoms with Crippen molar-refractivity contribution in [1.82, 2.24) is 4.90 Å². The Labute approximate surface area is 189 Å². The van der Waals surface area contributed by atoms with Crippen LogP contribution in [-0.2, 0) is 11.3 Å². The molecule has 30 heavy (non-hydrogen) atoms. The molecular formula is C22H21Cl2NO4S. The van der Waals surface area contributed by atoms with Crippen LogP contribution in [0.15, 0.2) is 41.3 Å². The SMILES string of the molecule is CC[C@H](C)Oc1c(Cl)cc(/C=C2\SC(=O)N(Cc3ccccc3Cl)C2=O)cc1OC. The summed E-state index contributed by atoms with van der Waals surface area (Å²) in [7, 11) is 1.52. The molecule has 5 nitrogen and oxygen atoms in total. The van der Waals surface area contributed by atoms with E-state index in [0.29, 0.717) is 37.6 Å². The average molecular weight is 466 g/mol. The first-order valence-electron chi connectivity index (χ1n) is 9.37. The summed E-state index contributed by atoms with van der Waals surface area (Å²) in [5.74, 6) is 0.543. The Morgan fingerprint density at radius 1 is 1.17 bits per heavy atom. The third kappa shape index (κ3) is 4.94. The van der Waals surface area contributed by atoms with E-state index in [0.717, 1.165) is 18.2 Å². The summed E-state index contributed by atoms with van der Waals surface area (Å²) in [6.07, 6.45) is 2.42. The minimum absolute atomic E-state index is 0.0245. The Balaban J connectivity index is 1.86. The number of amides is 2. The lowest BCUT2D eigenvalue weighted by Gasteiger charge is -2.17. The van der Waals surface area contributed by atoms with Crippen molar-refractivity contribution >= 4 is 52.2 Å². The molecule has 1 atom stereocenters. The molecule has 3 rings (SSSR count). The van der Waals surface area contributed by atoms with Crippen molar-refractivity contribution in [3.8, 4) is 11.5 Å².